The molecule has 0 saturated carbocycles. The van der Waals surface area contributed by atoms with E-state index in [-0.39, 0.29) is 22.3 Å². The van der Waals surface area contributed by atoms with Gasteiger partial charge in [-0.25, -0.2) is 0 Å². The number of carbonyl (C=O) groups is 2. The monoisotopic (exact) mass is 490 g/mol. The van der Waals surface area contributed by atoms with Crippen molar-refractivity contribution in [1.82, 2.24) is 15.2 Å². The van der Waals surface area contributed by atoms with Gasteiger partial charge in [0.25, 0.3) is 18.1 Å². The molecular formula is C25H22N4O5S. The lowest BCUT2D eigenvalue weighted by Gasteiger charge is -2.27. The first-order valence-electron chi connectivity index (χ1n) is 11.0. The number of anilines is 1. The van der Waals surface area contributed by atoms with Crippen LogP contribution in [0.5, 0.6) is 11.5 Å². The first kappa shape index (κ1) is 22.8. The maximum Gasteiger partial charge on any atom is 0.273 e. The van der Waals surface area contributed by atoms with Crippen LogP contribution in [-0.2, 0) is 4.74 Å². The number of aromatic nitrogens is 1. The van der Waals surface area contributed by atoms with Gasteiger partial charge in [-0.2, -0.15) is 0 Å². The molecule has 1 saturated heterocycles. The van der Waals surface area contributed by atoms with Gasteiger partial charge in [0.2, 0.25) is 0 Å². The number of amides is 2. The van der Waals surface area contributed by atoms with Gasteiger partial charge in [-0.15, -0.1) is 0 Å². The number of rotatable bonds is 4. The molecule has 2 amide bonds. The van der Waals surface area contributed by atoms with Crippen molar-refractivity contribution >= 4 is 34.8 Å². The van der Waals surface area contributed by atoms with Gasteiger partial charge < -0.3 is 24.4 Å². The molecule has 1 fully saturated rings. The summed E-state index contributed by atoms with van der Waals surface area (Å²) in [6, 6.07) is 18.0. The molecule has 2 aliphatic rings. The van der Waals surface area contributed by atoms with Crippen LogP contribution in [-0.4, -0.2) is 53.1 Å². The SMILES string of the molecule is O=C(NC(=S)Nc1ccc2c(c1)OC(c1ccccc1)O2)c1cccnc1C(=O)N1CCOCC1. The number of benzene rings is 2. The Balaban J connectivity index is 1.23. The van der Waals surface area contributed by atoms with Crippen molar-refractivity contribution in [2.45, 2.75) is 6.29 Å². The largest absolute Gasteiger partial charge is 0.447 e. The van der Waals surface area contributed by atoms with Crippen molar-refractivity contribution in [1.29, 1.82) is 0 Å². The summed E-state index contributed by atoms with van der Waals surface area (Å²) in [6.45, 7) is 1.81. The Morgan fingerprint density at radius 2 is 1.74 bits per heavy atom. The van der Waals surface area contributed by atoms with Crippen molar-refractivity contribution < 1.29 is 23.8 Å². The number of carbonyl (C=O) groups excluding carboxylic acids is 2. The number of morpholine rings is 1. The van der Waals surface area contributed by atoms with Crippen molar-refractivity contribution in [3.63, 3.8) is 0 Å². The van der Waals surface area contributed by atoms with Gasteiger partial charge in [-0.3, -0.25) is 19.9 Å². The number of nitrogens with zero attached hydrogens (tertiary/aromatic N) is 2. The molecule has 1 aromatic heterocycles. The molecule has 2 aromatic carbocycles. The Bertz CT molecular complexity index is 1260. The molecule has 2 N–H and O–H groups in total. The summed E-state index contributed by atoms with van der Waals surface area (Å²) in [6.07, 6.45) is 0.956. The van der Waals surface area contributed by atoms with Gasteiger partial charge in [0, 0.05) is 36.6 Å². The summed E-state index contributed by atoms with van der Waals surface area (Å²) < 4.78 is 17.1. The van der Waals surface area contributed by atoms with Crippen molar-refractivity contribution in [2.24, 2.45) is 0 Å². The van der Waals surface area contributed by atoms with E-state index in [1.54, 1.807) is 35.2 Å². The number of hydrogen-bond acceptors (Lipinski definition) is 7. The Kier molecular flexibility index (Phi) is 6.55. The van der Waals surface area contributed by atoms with Crippen LogP contribution in [0.3, 0.4) is 0 Å². The van der Waals surface area contributed by atoms with Crippen molar-refractivity contribution in [3.8, 4) is 11.5 Å². The maximum absolute atomic E-state index is 12.9. The standard InChI is InChI=1S/C25H22N4O5S/c30-22(18-7-4-10-26-21(18)23(31)29-11-13-32-14-12-29)28-25(35)27-17-8-9-19-20(15-17)34-24(33-19)16-5-2-1-3-6-16/h1-10,15,24H,11-14H2,(H2,27,28,30,35). The second-order valence-corrected chi connectivity index (χ2v) is 8.26. The van der Waals surface area contributed by atoms with Gasteiger partial charge >= 0.3 is 0 Å². The molecule has 1 unspecified atom stereocenters. The minimum absolute atomic E-state index is 0.0714. The summed E-state index contributed by atoms with van der Waals surface area (Å²) in [4.78, 5) is 31.6. The van der Waals surface area contributed by atoms with Crippen LogP contribution in [0.4, 0.5) is 5.69 Å². The number of ether oxygens (including phenoxy) is 3. The minimum Gasteiger partial charge on any atom is -0.447 e. The summed E-state index contributed by atoms with van der Waals surface area (Å²) in [5.74, 6) is 0.323. The molecule has 0 aliphatic carbocycles. The van der Waals surface area contributed by atoms with Gasteiger partial charge in [-0.05, 0) is 36.5 Å². The van der Waals surface area contributed by atoms with E-state index in [0.717, 1.165) is 5.56 Å². The third-order valence-electron chi connectivity index (χ3n) is 5.52. The smallest absolute Gasteiger partial charge is 0.273 e. The van der Waals surface area contributed by atoms with Crippen molar-refractivity contribution in [2.75, 3.05) is 31.6 Å². The number of pyridine rings is 1. The second-order valence-electron chi connectivity index (χ2n) is 7.85. The average molecular weight is 491 g/mol. The van der Waals surface area contributed by atoms with Crippen LogP contribution >= 0.6 is 12.2 Å². The molecule has 2 aliphatic heterocycles. The number of hydrogen-bond donors (Lipinski definition) is 2. The zero-order chi connectivity index (χ0) is 24.2. The molecule has 3 aromatic rings. The molecule has 9 nitrogen and oxygen atoms in total. The highest BCUT2D eigenvalue weighted by atomic mass is 32.1. The van der Waals surface area contributed by atoms with Crippen molar-refractivity contribution in [3.05, 3.63) is 83.7 Å². The third-order valence-corrected chi connectivity index (χ3v) is 5.73. The zero-order valence-electron chi connectivity index (χ0n) is 18.6. The van der Waals surface area contributed by atoms with E-state index in [4.69, 9.17) is 26.4 Å². The molecule has 10 heteroatoms. The Morgan fingerprint density at radius 3 is 2.54 bits per heavy atom. The van der Waals surface area contributed by atoms with Crippen LogP contribution in [0.1, 0.15) is 32.7 Å². The van der Waals surface area contributed by atoms with Crippen LogP contribution in [0, 0.1) is 0 Å². The van der Waals surface area contributed by atoms with E-state index < -0.39 is 12.2 Å². The van der Waals surface area contributed by atoms with E-state index in [1.807, 2.05) is 30.3 Å². The predicted molar refractivity (Wildman–Crippen MR) is 132 cm³/mol. The number of nitrogens with one attached hydrogen (secondary N) is 2. The Labute approximate surface area is 207 Å². The molecular weight excluding hydrogens is 468 g/mol. The summed E-state index contributed by atoms with van der Waals surface area (Å²) >= 11 is 5.33. The van der Waals surface area contributed by atoms with E-state index >= 15 is 0 Å². The number of fused-ring (bicyclic) bond motifs is 1. The maximum atomic E-state index is 12.9. The molecule has 5 rings (SSSR count). The first-order chi connectivity index (χ1) is 17.1. The normalized spacial score (nSPS) is 16.5. The lowest BCUT2D eigenvalue weighted by Crippen LogP contribution is -2.42. The van der Waals surface area contributed by atoms with Gasteiger partial charge in [-0.1, -0.05) is 30.3 Å². The number of thiocarbonyl (C=S) groups is 1. The second kappa shape index (κ2) is 10.1. The summed E-state index contributed by atoms with van der Waals surface area (Å²) in [5, 5.41) is 5.66. The first-order valence-corrected chi connectivity index (χ1v) is 11.5. The Morgan fingerprint density at radius 1 is 0.971 bits per heavy atom. The van der Waals surface area contributed by atoms with E-state index in [1.165, 1.54) is 6.20 Å². The van der Waals surface area contributed by atoms with Crippen LogP contribution < -0.4 is 20.1 Å². The fraction of sp³-hybridized carbons (Fsp3) is 0.200. The highest BCUT2D eigenvalue weighted by Crippen LogP contribution is 2.41. The average Bonchev–Trinajstić information content (AvgIpc) is 3.33. The van der Waals surface area contributed by atoms with E-state index in [9.17, 15) is 9.59 Å². The third kappa shape index (κ3) is 5.08. The molecule has 0 bridgehead atoms. The van der Waals surface area contributed by atoms with Gasteiger partial charge in [0.1, 0.15) is 5.69 Å². The van der Waals surface area contributed by atoms with Crippen LogP contribution in [0.2, 0.25) is 0 Å². The molecule has 35 heavy (non-hydrogen) atoms. The Hall–Kier alpha value is -4.02. The molecule has 3 heterocycles. The molecule has 178 valence electrons. The summed E-state index contributed by atoms with van der Waals surface area (Å²) in [5.41, 5.74) is 1.73. The lowest BCUT2D eigenvalue weighted by molar-refractivity contribution is 0.0298. The molecule has 0 spiro atoms. The minimum atomic E-state index is -0.530. The van der Waals surface area contributed by atoms with E-state index in [2.05, 4.69) is 15.6 Å². The summed E-state index contributed by atoms with van der Waals surface area (Å²) in [7, 11) is 0. The zero-order valence-corrected chi connectivity index (χ0v) is 19.4. The van der Waals surface area contributed by atoms with Crippen LogP contribution in [0.25, 0.3) is 0 Å². The topological polar surface area (TPSA) is 102 Å². The highest BCUT2D eigenvalue weighted by molar-refractivity contribution is 7.80. The van der Waals surface area contributed by atoms with Gasteiger partial charge in [0.15, 0.2) is 16.6 Å². The van der Waals surface area contributed by atoms with Crippen LogP contribution in [0.15, 0.2) is 66.9 Å². The lowest BCUT2D eigenvalue weighted by atomic mass is 10.1. The predicted octanol–water partition coefficient (Wildman–Crippen LogP) is 3.15. The molecule has 0 radical (unpaired) electrons. The quantitative estimate of drug-likeness (QED) is 0.538. The van der Waals surface area contributed by atoms with E-state index in [0.29, 0.717) is 43.5 Å². The highest BCUT2D eigenvalue weighted by Gasteiger charge is 2.27. The fourth-order valence-electron chi connectivity index (χ4n) is 3.78. The van der Waals surface area contributed by atoms with Gasteiger partial charge in [0.05, 0.1) is 18.8 Å². The molecule has 1 atom stereocenters. The fourth-order valence-corrected chi connectivity index (χ4v) is 3.99.